The molecule has 1 saturated heterocycles. The molecule has 0 aromatic heterocycles. The molecule has 2 nitrogen and oxygen atoms in total. The Hall–Kier alpha value is 0.270. The van der Waals surface area contributed by atoms with E-state index in [2.05, 4.69) is 16.7 Å². The second kappa shape index (κ2) is 4.92. The summed E-state index contributed by atoms with van der Waals surface area (Å²) in [5.41, 5.74) is 6.82. The van der Waals surface area contributed by atoms with E-state index in [4.69, 9.17) is 5.73 Å². The first kappa shape index (κ1) is 13.0. The van der Waals surface area contributed by atoms with Crippen LogP contribution in [0.2, 0.25) is 0 Å². The summed E-state index contributed by atoms with van der Waals surface area (Å²) in [4.78, 5) is 2.86. The van der Waals surface area contributed by atoms with Gasteiger partial charge in [-0.1, -0.05) is 0 Å². The molecule has 5 fully saturated rings. The van der Waals surface area contributed by atoms with Gasteiger partial charge in [-0.2, -0.15) is 11.8 Å². The van der Waals surface area contributed by atoms with E-state index >= 15 is 0 Å². The van der Waals surface area contributed by atoms with E-state index in [-0.39, 0.29) is 0 Å². The molecule has 0 radical (unpaired) electrons. The van der Waals surface area contributed by atoms with Crippen molar-refractivity contribution in [3.8, 4) is 0 Å². The van der Waals surface area contributed by atoms with Crippen molar-refractivity contribution in [1.29, 1.82) is 0 Å². The third-order valence-electron chi connectivity index (χ3n) is 6.69. The first-order valence-corrected chi connectivity index (χ1v) is 9.51. The number of hydrogen-bond acceptors (Lipinski definition) is 3. The van der Waals surface area contributed by atoms with Crippen LogP contribution >= 0.6 is 11.8 Å². The number of rotatable bonds is 2. The number of nitrogens with zero attached hydrogens (tertiary/aromatic N) is 1. The molecule has 19 heavy (non-hydrogen) atoms. The molecule has 4 bridgehead atoms. The number of nitrogens with two attached hydrogens (primary N) is 1. The summed E-state index contributed by atoms with van der Waals surface area (Å²) in [6.07, 6.45) is 8.89. The predicted octanol–water partition coefficient (Wildman–Crippen LogP) is 2.58. The molecule has 0 aromatic carbocycles. The lowest BCUT2D eigenvalue weighted by molar-refractivity contribution is -0.129. The van der Waals surface area contributed by atoms with Crippen molar-refractivity contribution in [1.82, 2.24) is 4.90 Å². The Labute approximate surface area is 121 Å². The average molecular weight is 280 g/mol. The lowest BCUT2D eigenvalue weighted by Gasteiger charge is -2.64. The van der Waals surface area contributed by atoms with Crippen LogP contribution in [0.1, 0.15) is 38.5 Å². The molecule has 5 rings (SSSR count). The van der Waals surface area contributed by atoms with Gasteiger partial charge in [-0.15, -0.1) is 0 Å². The highest BCUT2D eigenvalue weighted by Crippen LogP contribution is 2.60. The normalized spacial score (nSPS) is 50.4. The standard InChI is InChI=1S/C16H28N2S/c17-11-16(18-2-1-4-19-5-3-18)14-7-12-6-13(9-14)10-15(16)8-12/h12-15H,1-11,17H2. The van der Waals surface area contributed by atoms with Crippen LogP contribution in [0, 0.1) is 23.7 Å². The van der Waals surface area contributed by atoms with Gasteiger partial charge in [0.05, 0.1) is 0 Å². The van der Waals surface area contributed by atoms with Gasteiger partial charge >= 0.3 is 0 Å². The maximum absolute atomic E-state index is 6.42. The number of thioether (sulfide) groups is 1. The fourth-order valence-corrected chi connectivity index (χ4v) is 7.03. The van der Waals surface area contributed by atoms with Crippen molar-refractivity contribution >= 4 is 11.8 Å². The van der Waals surface area contributed by atoms with Crippen molar-refractivity contribution in [3.63, 3.8) is 0 Å². The molecule has 108 valence electrons. The van der Waals surface area contributed by atoms with Crippen LogP contribution in [-0.2, 0) is 0 Å². The van der Waals surface area contributed by atoms with E-state index < -0.39 is 0 Å². The number of hydrogen-bond donors (Lipinski definition) is 1. The van der Waals surface area contributed by atoms with E-state index in [0.717, 1.165) is 30.2 Å². The van der Waals surface area contributed by atoms with Crippen LogP contribution < -0.4 is 5.73 Å². The predicted molar refractivity (Wildman–Crippen MR) is 82.3 cm³/mol. The Balaban J connectivity index is 1.65. The summed E-state index contributed by atoms with van der Waals surface area (Å²) >= 11 is 2.15. The molecular weight excluding hydrogens is 252 g/mol. The van der Waals surface area contributed by atoms with Crippen LogP contribution in [0.15, 0.2) is 0 Å². The van der Waals surface area contributed by atoms with Crippen molar-refractivity contribution in [2.75, 3.05) is 31.1 Å². The first-order chi connectivity index (χ1) is 9.33. The van der Waals surface area contributed by atoms with Gasteiger partial charge < -0.3 is 5.73 Å². The highest BCUT2D eigenvalue weighted by molar-refractivity contribution is 7.99. The van der Waals surface area contributed by atoms with Crippen LogP contribution in [-0.4, -0.2) is 41.6 Å². The molecule has 2 N–H and O–H groups in total. The van der Waals surface area contributed by atoms with Crippen LogP contribution in [0.25, 0.3) is 0 Å². The second-order valence-electron chi connectivity index (χ2n) is 7.45. The molecular formula is C16H28N2S. The Morgan fingerprint density at radius 3 is 2.26 bits per heavy atom. The van der Waals surface area contributed by atoms with E-state index in [9.17, 15) is 0 Å². The zero-order valence-corrected chi connectivity index (χ0v) is 12.8. The summed E-state index contributed by atoms with van der Waals surface area (Å²) in [7, 11) is 0. The van der Waals surface area contributed by atoms with E-state index in [0.29, 0.717) is 5.54 Å². The molecule has 3 heteroatoms. The van der Waals surface area contributed by atoms with Gasteiger partial charge in [-0.25, -0.2) is 0 Å². The Morgan fingerprint density at radius 1 is 0.947 bits per heavy atom. The zero-order valence-electron chi connectivity index (χ0n) is 12.0. The monoisotopic (exact) mass is 280 g/mol. The minimum absolute atomic E-state index is 0.401. The Morgan fingerprint density at radius 2 is 1.63 bits per heavy atom. The van der Waals surface area contributed by atoms with Gasteiger partial charge in [0.2, 0.25) is 0 Å². The van der Waals surface area contributed by atoms with Gasteiger partial charge in [0.1, 0.15) is 0 Å². The fraction of sp³-hybridized carbons (Fsp3) is 1.00. The smallest absolute Gasteiger partial charge is 0.0388 e. The molecule has 4 aliphatic carbocycles. The fourth-order valence-electron chi connectivity index (χ4n) is 6.14. The van der Waals surface area contributed by atoms with E-state index in [1.165, 1.54) is 56.7 Å². The Kier molecular flexibility index (Phi) is 3.36. The highest BCUT2D eigenvalue weighted by Gasteiger charge is 2.58. The molecule has 1 heterocycles. The summed E-state index contributed by atoms with van der Waals surface area (Å²) in [5.74, 6) is 6.66. The van der Waals surface area contributed by atoms with Gasteiger partial charge in [0.15, 0.2) is 0 Å². The molecule has 5 aliphatic rings. The largest absolute Gasteiger partial charge is 0.329 e. The minimum Gasteiger partial charge on any atom is -0.329 e. The van der Waals surface area contributed by atoms with Crippen LogP contribution in [0.4, 0.5) is 0 Å². The lowest BCUT2D eigenvalue weighted by atomic mass is 9.48. The highest BCUT2D eigenvalue weighted by atomic mass is 32.2. The molecule has 0 spiro atoms. The van der Waals surface area contributed by atoms with E-state index in [1.54, 1.807) is 6.42 Å². The van der Waals surface area contributed by atoms with Crippen molar-refractivity contribution in [2.45, 2.75) is 44.1 Å². The summed E-state index contributed by atoms with van der Waals surface area (Å²) < 4.78 is 0. The minimum atomic E-state index is 0.401. The van der Waals surface area contributed by atoms with Gasteiger partial charge in [-0.05, 0) is 74.5 Å². The summed E-state index contributed by atoms with van der Waals surface area (Å²) in [6, 6.07) is 0. The lowest BCUT2D eigenvalue weighted by Crippen LogP contribution is -2.69. The third-order valence-corrected chi connectivity index (χ3v) is 7.74. The first-order valence-electron chi connectivity index (χ1n) is 8.36. The van der Waals surface area contributed by atoms with Crippen LogP contribution in [0.5, 0.6) is 0 Å². The van der Waals surface area contributed by atoms with Gasteiger partial charge in [0.25, 0.3) is 0 Å². The maximum Gasteiger partial charge on any atom is 0.0388 e. The maximum atomic E-state index is 6.42. The molecule has 0 unspecified atom stereocenters. The third kappa shape index (κ3) is 1.91. The zero-order chi connectivity index (χ0) is 12.9. The quantitative estimate of drug-likeness (QED) is 0.843. The van der Waals surface area contributed by atoms with Gasteiger partial charge in [0, 0.05) is 24.4 Å². The van der Waals surface area contributed by atoms with Crippen molar-refractivity contribution < 1.29 is 0 Å². The van der Waals surface area contributed by atoms with Crippen molar-refractivity contribution in [2.24, 2.45) is 29.4 Å². The summed E-state index contributed by atoms with van der Waals surface area (Å²) in [5, 5.41) is 0. The average Bonchev–Trinajstić information content (AvgIpc) is 2.68. The molecule has 0 amide bonds. The topological polar surface area (TPSA) is 29.3 Å². The SMILES string of the molecule is NCC1(N2CCCSCC2)C2CC3CC(C2)CC1C3. The molecule has 0 atom stereocenters. The van der Waals surface area contributed by atoms with Crippen molar-refractivity contribution in [3.05, 3.63) is 0 Å². The summed E-state index contributed by atoms with van der Waals surface area (Å²) in [6.45, 7) is 3.53. The van der Waals surface area contributed by atoms with Crippen LogP contribution in [0.3, 0.4) is 0 Å². The molecule has 4 saturated carbocycles. The molecule has 0 aromatic rings. The second-order valence-corrected chi connectivity index (χ2v) is 8.68. The Bertz CT molecular complexity index is 308. The molecule has 1 aliphatic heterocycles. The van der Waals surface area contributed by atoms with E-state index in [1.807, 2.05) is 0 Å². The van der Waals surface area contributed by atoms with Gasteiger partial charge in [-0.3, -0.25) is 4.90 Å².